The smallest absolute Gasteiger partial charge is 0.251 e. The number of hydrogen-bond donors (Lipinski definition) is 1. The molecule has 7 heteroatoms. The van der Waals surface area contributed by atoms with Crippen LogP contribution in [-0.4, -0.2) is 20.1 Å². The van der Waals surface area contributed by atoms with E-state index in [1.807, 2.05) is 6.92 Å². The predicted molar refractivity (Wildman–Crippen MR) is 79.4 cm³/mol. The van der Waals surface area contributed by atoms with Gasteiger partial charge in [-0.3, -0.25) is 4.79 Å². The zero-order chi connectivity index (χ0) is 14.8. The third kappa shape index (κ3) is 3.53. The lowest BCUT2D eigenvalue weighted by atomic mass is 10.2. The number of nitrogens with zero attached hydrogens (tertiary/aromatic N) is 3. The van der Waals surface area contributed by atoms with E-state index < -0.39 is 0 Å². The Morgan fingerprint density at radius 2 is 2.29 bits per heavy atom. The van der Waals surface area contributed by atoms with Gasteiger partial charge in [0, 0.05) is 17.7 Å². The van der Waals surface area contributed by atoms with Gasteiger partial charge < -0.3 is 9.51 Å². The molecule has 2 aromatic rings. The molecule has 1 unspecified atom stereocenters. The highest BCUT2D eigenvalue weighted by atomic mass is 32.2. The van der Waals surface area contributed by atoms with Crippen molar-refractivity contribution >= 4 is 11.8 Å². The molecule has 1 atom stereocenters. The Kier molecular flexibility index (Phi) is 4.10. The minimum absolute atomic E-state index is 0.0370. The fourth-order valence-corrected chi connectivity index (χ4v) is 2.92. The lowest BCUT2D eigenvalue weighted by molar-refractivity contribution is 0.374. The first-order valence-electron chi connectivity index (χ1n) is 7.26. The molecule has 1 aliphatic carbocycles. The van der Waals surface area contributed by atoms with Crippen molar-refractivity contribution in [3.8, 4) is 0 Å². The van der Waals surface area contributed by atoms with Gasteiger partial charge in [-0.25, -0.2) is 4.98 Å². The second kappa shape index (κ2) is 6.01. The van der Waals surface area contributed by atoms with Gasteiger partial charge in [-0.05, 0) is 26.2 Å². The molecule has 112 valence electrons. The maximum absolute atomic E-state index is 11.6. The monoisotopic (exact) mass is 306 g/mol. The minimum Gasteiger partial charge on any atom is -0.338 e. The molecule has 0 aliphatic heterocycles. The number of rotatable bonds is 6. The van der Waals surface area contributed by atoms with E-state index in [-0.39, 0.29) is 10.8 Å². The van der Waals surface area contributed by atoms with Gasteiger partial charge in [0.05, 0.1) is 5.25 Å². The van der Waals surface area contributed by atoms with Gasteiger partial charge in [-0.2, -0.15) is 4.98 Å². The molecule has 1 fully saturated rings. The largest absolute Gasteiger partial charge is 0.338 e. The Morgan fingerprint density at radius 1 is 1.48 bits per heavy atom. The van der Waals surface area contributed by atoms with Gasteiger partial charge >= 0.3 is 0 Å². The molecule has 6 nitrogen and oxygen atoms in total. The fourth-order valence-electron chi connectivity index (χ4n) is 2.06. The normalized spacial score (nSPS) is 16.1. The van der Waals surface area contributed by atoms with Crippen LogP contribution in [0.25, 0.3) is 0 Å². The van der Waals surface area contributed by atoms with Crippen LogP contribution in [0.5, 0.6) is 0 Å². The zero-order valence-corrected chi connectivity index (χ0v) is 12.9. The molecule has 3 rings (SSSR count). The summed E-state index contributed by atoms with van der Waals surface area (Å²) in [4.78, 5) is 23.3. The second-order valence-corrected chi connectivity index (χ2v) is 6.65. The zero-order valence-electron chi connectivity index (χ0n) is 12.1. The van der Waals surface area contributed by atoms with Crippen LogP contribution in [-0.2, 0) is 6.42 Å². The first-order chi connectivity index (χ1) is 10.2. The molecule has 0 aromatic carbocycles. The van der Waals surface area contributed by atoms with Crippen molar-refractivity contribution < 1.29 is 4.52 Å². The van der Waals surface area contributed by atoms with Crippen LogP contribution in [0.1, 0.15) is 61.7 Å². The predicted octanol–water partition coefficient (Wildman–Crippen LogP) is 2.84. The van der Waals surface area contributed by atoms with Crippen LogP contribution < -0.4 is 5.56 Å². The third-order valence-electron chi connectivity index (χ3n) is 3.32. The van der Waals surface area contributed by atoms with Gasteiger partial charge in [0.1, 0.15) is 0 Å². The molecule has 2 heterocycles. The van der Waals surface area contributed by atoms with Crippen molar-refractivity contribution in [1.29, 1.82) is 0 Å². The minimum atomic E-state index is -0.118. The van der Waals surface area contributed by atoms with Crippen LogP contribution in [0.3, 0.4) is 0 Å². The van der Waals surface area contributed by atoms with Crippen LogP contribution in [0.4, 0.5) is 0 Å². The molecule has 2 aromatic heterocycles. The number of thioether (sulfide) groups is 1. The van der Waals surface area contributed by atoms with Crippen LogP contribution in [0.15, 0.2) is 20.5 Å². The number of aromatic nitrogens is 4. The molecular weight excluding hydrogens is 288 g/mol. The van der Waals surface area contributed by atoms with Crippen molar-refractivity contribution in [3.63, 3.8) is 0 Å². The first kappa shape index (κ1) is 14.3. The van der Waals surface area contributed by atoms with Crippen LogP contribution >= 0.6 is 11.8 Å². The maximum Gasteiger partial charge on any atom is 0.251 e. The van der Waals surface area contributed by atoms with E-state index >= 15 is 0 Å². The highest BCUT2D eigenvalue weighted by molar-refractivity contribution is 7.99. The first-order valence-corrected chi connectivity index (χ1v) is 8.14. The molecule has 1 aliphatic rings. The summed E-state index contributed by atoms with van der Waals surface area (Å²) in [5.41, 5.74) is 0.701. The lowest BCUT2D eigenvalue weighted by Crippen LogP contribution is -2.10. The molecule has 0 amide bonds. The molecular formula is C14H18N4O2S. The van der Waals surface area contributed by atoms with Crippen LogP contribution in [0, 0.1) is 0 Å². The molecule has 0 spiro atoms. The van der Waals surface area contributed by atoms with Gasteiger partial charge in [-0.15, -0.1) is 0 Å². The Hall–Kier alpha value is -1.63. The van der Waals surface area contributed by atoms with E-state index in [4.69, 9.17) is 4.52 Å². The lowest BCUT2D eigenvalue weighted by Gasteiger charge is -2.06. The second-order valence-electron chi connectivity index (χ2n) is 5.32. The van der Waals surface area contributed by atoms with E-state index in [0.717, 1.165) is 37.2 Å². The fraction of sp³-hybridized carbons (Fsp3) is 0.571. The van der Waals surface area contributed by atoms with Crippen molar-refractivity contribution in [3.05, 3.63) is 33.8 Å². The van der Waals surface area contributed by atoms with E-state index in [1.165, 1.54) is 11.8 Å². The number of aryl methyl sites for hydroxylation is 1. The van der Waals surface area contributed by atoms with E-state index in [1.54, 1.807) is 6.07 Å². The number of H-pyrrole nitrogens is 1. The SMILES string of the molecule is CCCc1cc(=O)[nH]c(SC(C)c2nc(C3CC3)no2)n1. The molecule has 0 bridgehead atoms. The molecule has 1 saturated carbocycles. The van der Waals surface area contributed by atoms with Crippen molar-refractivity contribution in [2.24, 2.45) is 0 Å². The Morgan fingerprint density at radius 3 is 3.00 bits per heavy atom. The quantitative estimate of drug-likeness (QED) is 0.652. The molecule has 0 saturated heterocycles. The van der Waals surface area contributed by atoms with Gasteiger partial charge in [0.15, 0.2) is 11.0 Å². The van der Waals surface area contributed by atoms with E-state index in [0.29, 0.717) is 17.0 Å². The number of aromatic amines is 1. The van der Waals surface area contributed by atoms with Gasteiger partial charge in [0.25, 0.3) is 5.56 Å². The topological polar surface area (TPSA) is 84.7 Å². The van der Waals surface area contributed by atoms with Crippen molar-refractivity contribution in [2.45, 2.75) is 55.9 Å². The number of nitrogens with one attached hydrogen (secondary N) is 1. The van der Waals surface area contributed by atoms with Gasteiger partial charge in [0.2, 0.25) is 5.89 Å². The highest BCUT2D eigenvalue weighted by Crippen LogP contribution is 2.39. The summed E-state index contributed by atoms with van der Waals surface area (Å²) in [6, 6.07) is 1.55. The molecule has 1 N–H and O–H groups in total. The summed E-state index contributed by atoms with van der Waals surface area (Å²) < 4.78 is 5.31. The summed E-state index contributed by atoms with van der Waals surface area (Å²) >= 11 is 1.43. The Bertz CT molecular complexity index is 678. The molecule has 0 radical (unpaired) electrons. The van der Waals surface area contributed by atoms with E-state index in [2.05, 4.69) is 27.0 Å². The third-order valence-corrected chi connectivity index (χ3v) is 4.29. The highest BCUT2D eigenvalue weighted by Gasteiger charge is 2.29. The summed E-state index contributed by atoms with van der Waals surface area (Å²) in [7, 11) is 0. The van der Waals surface area contributed by atoms with E-state index in [9.17, 15) is 4.79 Å². The van der Waals surface area contributed by atoms with Gasteiger partial charge in [-0.1, -0.05) is 30.3 Å². The average molecular weight is 306 g/mol. The maximum atomic E-state index is 11.6. The Balaban J connectivity index is 1.73. The summed E-state index contributed by atoms with van der Waals surface area (Å²) in [5.74, 6) is 1.87. The summed E-state index contributed by atoms with van der Waals surface area (Å²) in [6.07, 6.45) is 4.06. The van der Waals surface area contributed by atoms with Crippen LogP contribution in [0.2, 0.25) is 0 Å². The molecule has 21 heavy (non-hydrogen) atoms. The summed E-state index contributed by atoms with van der Waals surface area (Å²) in [6.45, 7) is 4.04. The van der Waals surface area contributed by atoms with Crippen molar-refractivity contribution in [2.75, 3.05) is 0 Å². The number of hydrogen-bond acceptors (Lipinski definition) is 6. The van der Waals surface area contributed by atoms with Crippen molar-refractivity contribution in [1.82, 2.24) is 20.1 Å². The Labute approximate surface area is 126 Å². The average Bonchev–Trinajstić information content (AvgIpc) is 3.16. The summed E-state index contributed by atoms with van der Waals surface area (Å²) in [5, 5.41) is 4.58. The standard InChI is InChI=1S/C14H18N4O2S/c1-3-4-10-7-11(19)16-14(15-10)21-8(2)13-17-12(18-20-13)9-5-6-9/h7-9H,3-6H2,1-2H3,(H,15,16,19).